The Hall–Kier alpha value is -1.68. The smallest absolute Gasteiger partial charge is 0.269 e. The van der Waals surface area contributed by atoms with Crippen molar-refractivity contribution in [3.63, 3.8) is 0 Å². The second-order valence-corrected chi connectivity index (χ2v) is 12.0. The van der Waals surface area contributed by atoms with Gasteiger partial charge in [-0.05, 0) is 60.3 Å². The molecule has 4 aliphatic rings. The van der Waals surface area contributed by atoms with E-state index in [2.05, 4.69) is 61.8 Å². The van der Waals surface area contributed by atoms with E-state index in [1.54, 1.807) is 0 Å². The summed E-state index contributed by atoms with van der Waals surface area (Å²) in [6.07, 6.45) is 8.13. The highest BCUT2D eigenvalue weighted by Crippen LogP contribution is 2.53. The minimum absolute atomic E-state index is 0.316. The Balaban J connectivity index is 1.25. The van der Waals surface area contributed by atoms with Crippen LogP contribution in [0.2, 0.25) is 0 Å². The Morgan fingerprint density at radius 1 is 0.903 bits per heavy atom. The third-order valence-electron chi connectivity index (χ3n) is 7.66. The molecule has 2 heterocycles. The molecule has 1 aromatic carbocycles. The lowest BCUT2D eigenvalue weighted by Crippen LogP contribution is -2.46. The molecular formula is C27H40N2O2. The molecule has 5 rings (SSSR count). The lowest BCUT2D eigenvalue weighted by molar-refractivity contribution is -0.0574. The molecule has 0 spiro atoms. The van der Waals surface area contributed by atoms with Gasteiger partial charge < -0.3 is 14.4 Å². The van der Waals surface area contributed by atoms with Gasteiger partial charge in [-0.25, -0.2) is 0 Å². The van der Waals surface area contributed by atoms with Gasteiger partial charge in [0.25, 0.3) is 6.29 Å². The van der Waals surface area contributed by atoms with Crippen LogP contribution in [0.4, 0.5) is 0 Å². The Bertz CT molecular complexity index is 802. The molecule has 1 saturated heterocycles. The predicted molar refractivity (Wildman–Crippen MR) is 124 cm³/mol. The van der Waals surface area contributed by atoms with Gasteiger partial charge >= 0.3 is 0 Å². The van der Waals surface area contributed by atoms with Gasteiger partial charge in [0.2, 0.25) is 5.88 Å². The molecule has 1 atom stereocenters. The van der Waals surface area contributed by atoms with Crippen molar-refractivity contribution < 1.29 is 9.47 Å². The van der Waals surface area contributed by atoms with Crippen LogP contribution in [0.25, 0.3) is 0 Å². The van der Waals surface area contributed by atoms with Gasteiger partial charge in [-0.3, -0.25) is 4.90 Å². The highest BCUT2D eigenvalue weighted by molar-refractivity contribution is 5.33. The summed E-state index contributed by atoms with van der Waals surface area (Å²) in [6, 6.07) is 8.81. The summed E-state index contributed by atoms with van der Waals surface area (Å²) < 4.78 is 12.5. The van der Waals surface area contributed by atoms with Gasteiger partial charge in [0.05, 0.1) is 0 Å². The summed E-state index contributed by atoms with van der Waals surface area (Å²) in [5.41, 5.74) is 3.35. The third-order valence-corrected chi connectivity index (χ3v) is 7.66. The number of nitrogens with zero attached hydrogens (tertiary/aromatic N) is 2. The Morgan fingerprint density at radius 3 is 2.19 bits per heavy atom. The van der Waals surface area contributed by atoms with Gasteiger partial charge in [0.1, 0.15) is 6.26 Å². The molecule has 4 heteroatoms. The molecule has 170 valence electrons. The van der Waals surface area contributed by atoms with Crippen LogP contribution in [0.1, 0.15) is 83.1 Å². The van der Waals surface area contributed by atoms with E-state index in [-0.39, 0.29) is 6.29 Å². The first-order valence-corrected chi connectivity index (χ1v) is 12.4. The van der Waals surface area contributed by atoms with Crippen LogP contribution < -0.4 is 0 Å². The van der Waals surface area contributed by atoms with Gasteiger partial charge in [-0.2, -0.15) is 0 Å². The normalized spacial score (nSPS) is 28.7. The fourth-order valence-electron chi connectivity index (χ4n) is 6.55. The summed E-state index contributed by atoms with van der Waals surface area (Å²) in [5, 5.41) is 0. The van der Waals surface area contributed by atoms with E-state index in [4.69, 9.17) is 9.47 Å². The largest absolute Gasteiger partial charge is 0.453 e. The van der Waals surface area contributed by atoms with Crippen molar-refractivity contribution in [2.45, 2.75) is 72.0 Å². The van der Waals surface area contributed by atoms with E-state index in [0.717, 1.165) is 38.0 Å². The van der Waals surface area contributed by atoms with E-state index in [1.165, 1.54) is 49.8 Å². The van der Waals surface area contributed by atoms with Gasteiger partial charge in [-0.15, -0.1) is 0 Å². The number of rotatable bonds is 5. The van der Waals surface area contributed by atoms with Crippen LogP contribution >= 0.6 is 0 Å². The molecular weight excluding hydrogens is 384 g/mol. The summed E-state index contributed by atoms with van der Waals surface area (Å²) >= 11 is 0. The molecule has 2 saturated carbocycles. The molecule has 0 radical (unpaired) electrons. The van der Waals surface area contributed by atoms with Gasteiger partial charge in [-0.1, -0.05) is 52.0 Å². The fourth-order valence-corrected chi connectivity index (χ4v) is 6.55. The standard InChI is InChI=1S/C27H40N2O2/c1-26(2)15-21(16-27(3,4)19-26)22-7-5-6-8-23(22)25-30-18-24(31-25)29-13-11-28(12-14-29)17-20-9-10-20/h5-8,18,20-21,25H,9-17,19H2,1-4H3. The van der Waals surface area contributed by atoms with E-state index in [0.29, 0.717) is 16.7 Å². The topological polar surface area (TPSA) is 24.9 Å². The number of hydrogen-bond acceptors (Lipinski definition) is 4. The summed E-state index contributed by atoms with van der Waals surface area (Å²) in [7, 11) is 0. The van der Waals surface area contributed by atoms with Crippen LogP contribution in [-0.2, 0) is 9.47 Å². The first-order valence-electron chi connectivity index (χ1n) is 12.4. The maximum Gasteiger partial charge on any atom is 0.269 e. The summed E-state index contributed by atoms with van der Waals surface area (Å²) in [4.78, 5) is 4.97. The van der Waals surface area contributed by atoms with Crippen LogP contribution in [0.5, 0.6) is 0 Å². The minimum atomic E-state index is -0.316. The van der Waals surface area contributed by atoms with Crippen molar-refractivity contribution in [1.29, 1.82) is 0 Å². The van der Waals surface area contributed by atoms with Crippen LogP contribution in [0, 0.1) is 16.7 Å². The zero-order valence-corrected chi connectivity index (χ0v) is 19.9. The van der Waals surface area contributed by atoms with Crippen molar-refractivity contribution in [3.8, 4) is 0 Å². The number of hydrogen-bond donors (Lipinski definition) is 0. The minimum Gasteiger partial charge on any atom is -0.453 e. The summed E-state index contributed by atoms with van der Waals surface area (Å²) in [5.74, 6) is 2.43. The van der Waals surface area contributed by atoms with E-state index in [9.17, 15) is 0 Å². The molecule has 1 aromatic rings. The van der Waals surface area contributed by atoms with Crippen LogP contribution in [0.3, 0.4) is 0 Å². The quantitative estimate of drug-likeness (QED) is 0.589. The van der Waals surface area contributed by atoms with E-state index in [1.807, 2.05) is 6.26 Å². The molecule has 0 N–H and O–H groups in total. The highest BCUT2D eigenvalue weighted by Gasteiger charge is 2.40. The molecule has 2 aliphatic heterocycles. The van der Waals surface area contributed by atoms with E-state index < -0.39 is 0 Å². The number of piperazine rings is 1. The average Bonchev–Trinajstić information content (AvgIpc) is 3.38. The SMILES string of the molecule is CC1(C)CC(c2ccccc2C2OC=C(N3CCN(CC4CC4)CC3)O2)CC(C)(C)C1. The lowest BCUT2D eigenvalue weighted by atomic mass is 9.60. The van der Waals surface area contributed by atoms with Crippen LogP contribution in [-0.4, -0.2) is 42.5 Å². The zero-order valence-electron chi connectivity index (χ0n) is 19.9. The maximum atomic E-state index is 6.40. The molecule has 3 fully saturated rings. The lowest BCUT2D eigenvalue weighted by Gasteiger charge is -2.45. The first-order chi connectivity index (χ1) is 14.8. The Kier molecular flexibility index (Phi) is 5.48. The zero-order chi connectivity index (χ0) is 21.6. The van der Waals surface area contributed by atoms with Crippen molar-refractivity contribution >= 4 is 0 Å². The van der Waals surface area contributed by atoms with Gasteiger partial charge in [0, 0.05) is 38.3 Å². The number of benzene rings is 1. The molecule has 0 amide bonds. The average molecular weight is 425 g/mol. The molecule has 0 bridgehead atoms. The third kappa shape index (κ3) is 4.89. The van der Waals surface area contributed by atoms with Gasteiger partial charge in [0.15, 0.2) is 0 Å². The second kappa shape index (κ2) is 8.03. The van der Waals surface area contributed by atoms with Crippen molar-refractivity contribution in [2.24, 2.45) is 16.7 Å². The monoisotopic (exact) mass is 424 g/mol. The van der Waals surface area contributed by atoms with Crippen molar-refractivity contribution in [3.05, 3.63) is 47.5 Å². The highest BCUT2D eigenvalue weighted by atomic mass is 16.7. The fraction of sp³-hybridized carbons (Fsp3) is 0.704. The Morgan fingerprint density at radius 2 is 1.55 bits per heavy atom. The molecule has 0 aromatic heterocycles. The first kappa shape index (κ1) is 21.2. The maximum absolute atomic E-state index is 6.40. The van der Waals surface area contributed by atoms with Crippen molar-refractivity contribution in [2.75, 3.05) is 32.7 Å². The molecule has 2 aliphatic carbocycles. The summed E-state index contributed by atoms with van der Waals surface area (Å²) in [6.45, 7) is 15.3. The molecule has 4 nitrogen and oxygen atoms in total. The van der Waals surface area contributed by atoms with Crippen LogP contribution in [0.15, 0.2) is 36.4 Å². The predicted octanol–water partition coefficient (Wildman–Crippen LogP) is 5.88. The van der Waals surface area contributed by atoms with Crippen molar-refractivity contribution in [1.82, 2.24) is 9.80 Å². The van der Waals surface area contributed by atoms with E-state index >= 15 is 0 Å². The second-order valence-electron chi connectivity index (χ2n) is 12.0. The molecule has 31 heavy (non-hydrogen) atoms. The molecule has 1 unspecified atom stereocenters. The Labute approximate surface area is 188 Å². The number of ether oxygens (including phenoxy) is 2.